The molecule has 35 heavy (non-hydrogen) atoms. The van der Waals surface area contributed by atoms with Crippen LogP contribution in [-0.2, 0) is 4.79 Å². The minimum Gasteiger partial charge on any atom is -0.295 e. The molecule has 0 aliphatic heterocycles. The Morgan fingerprint density at radius 3 is 1.60 bits per heavy atom. The SMILES string of the molecule is CC(C)(C)C(=O)NC(=CSc1ccccn1)[P+](c1ccccc1)(c1ccccc1)c1ccccc1. The highest BCUT2D eigenvalue weighted by molar-refractivity contribution is 8.04. The van der Waals surface area contributed by atoms with Crippen molar-refractivity contribution in [2.75, 3.05) is 0 Å². The predicted octanol–water partition coefficient (Wildman–Crippen LogP) is 6.13. The smallest absolute Gasteiger partial charge is 0.232 e. The second kappa shape index (κ2) is 11.0. The number of carbonyl (C=O) groups is 1. The summed E-state index contributed by atoms with van der Waals surface area (Å²) in [5.74, 6) is -0.0162. The lowest BCUT2D eigenvalue weighted by atomic mass is 9.96. The summed E-state index contributed by atoms with van der Waals surface area (Å²) in [5.41, 5.74) is 0.353. The largest absolute Gasteiger partial charge is 0.295 e. The Balaban J connectivity index is 2.03. The molecule has 176 valence electrons. The first-order chi connectivity index (χ1) is 16.9. The van der Waals surface area contributed by atoms with E-state index in [2.05, 4.69) is 88.5 Å². The number of rotatable bonds is 7. The summed E-state index contributed by atoms with van der Waals surface area (Å²) in [6.07, 6.45) is 1.79. The molecule has 0 spiro atoms. The molecule has 1 amide bonds. The van der Waals surface area contributed by atoms with Crippen molar-refractivity contribution in [3.05, 3.63) is 126 Å². The Labute approximate surface area is 213 Å². The predicted molar refractivity (Wildman–Crippen MR) is 151 cm³/mol. The van der Waals surface area contributed by atoms with Gasteiger partial charge in [-0.25, -0.2) is 4.98 Å². The van der Waals surface area contributed by atoms with Gasteiger partial charge >= 0.3 is 0 Å². The Morgan fingerprint density at radius 2 is 1.20 bits per heavy atom. The quantitative estimate of drug-likeness (QED) is 0.247. The van der Waals surface area contributed by atoms with Gasteiger partial charge in [0.15, 0.2) is 12.7 Å². The minimum absolute atomic E-state index is 0.0162. The van der Waals surface area contributed by atoms with Crippen LogP contribution >= 0.6 is 19.0 Å². The van der Waals surface area contributed by atoms with Crippen LogP contribution in [0.15, 0.2) is 131 Å². The van der Waals surface area contributed by atoms with Crippen LogP contribution in [0.2, 0.25) is 0 Å². The van der Waals surface area contributed by atoms with Crippen molar-refractivity contribution >= 4 is 40.8 Å². The zero-order chi connectivity index (χ0) is 24.7. The van der Waals surface area contributed by atoms with E-state index in [1.807, 2.05) is 57.2 Å². The van der Waals surface area contributed by atoms with Gasteiger partial charge in [0.05, 0.1) is 0 Å². The molecule has 1 N–H and O–H groups in total. The van der Waals surface area contributed by atoms with E-state index >= 15 is 0 Å². The lowest BCUT2D eigenvalue weighted by Crippen LogP contribution is -2.41. The van der Waals surface area contributed by atoms with Gasteiger partial charge in [-0.05, 0) is 48.5 Å². The molecule has 5 heteroatoms. The van der Waals surface area contributed by atoms with Gasteiger partial charge in [-0.2, -0.15) is 0 Å². The van der Waals surface area contributed by atoms with Crippen LogP contribution < -0.4 is 21.2 Å². The molecule has 0 atom stereocenters. The van der Waals surface area contributed by atoms with E-state index in [0.29, 0.717) is 0 Å². The maximum Gasteiger partial charge on any atom is 0.232 e. The molecule has 1 heterocycles. The first kappa shape index (κ1) is 24.9. The normalized spacial score (nSPS) is 12.3. The molecular weight excluding hydrogens is 467 g/mol. The Bertz CT molecular complexity index is 1180. The van der Waals surface area contributed by atoms with Crippen molar-refractivity contribution in [1.82, 2.24) is 10.3 Å². The van der Waals surface area contributed by atoms with Crippen molar-refractivity contribution in [3.63, 3.8) is 0 Å². The molecule has 0 bridgehead atoms. The molecule has 0 fully saturated rings. The average Bonchev–Trinajstić information content (AvgIpc) is 2.89. The average molecular weight is 498 g/mol. The van der Waals surface area contributed by atoms with E-state index in [4.69, 9.17) is 0 Å². The summed E-state index contributed by atoms with van der Waals surface area (Å²) < 4.78 is 0. The van der Waals surface area contributed by atoms with E-state index in [0.717, 1.165) is 10.5 Å². The summed E-state index contributed by atoms with van der Waals surface area (Å²) in [6.45, 7) is 5.83. The highest BCUT2D eigenvalue weighted by Crippen LogP contribution is 2.62. The van der Waals surface area contributed by atoms with Gasteiger partial charge in [0.2, 0.25) is 5.91 Å². The monoisotopic (exact) mass is 497 g/mol. The zero-order valence-corrected chi connectivity index (χ0v) is 22.0. The summed E-state index contributed by atoms with van der Waals surface area (Å²) >= 11 is 1.53. The van der Waals surface area contributed by atoms with Crippen molar-refractivity contribution in [1.29, 1.82) is 0 Å². The summed E-state index contributed by atoms with van der Waals surface area (Å²) in [7, 11) is -2.44. The first-order valence-corrected chi connectivity index (χ1v) is 14.2. The third-order valence-corrected chi connectivity index (χ3v) is 10.8. The second-order valence-corrected chi connectivity index (χ2v) is 13.4. The fourth-order valence-corrected chi connectivity index (χ4v) is 9.07. The van der Waals surface area contributed by atoms with Crippen molar-refractivity contribution in [3.8, 4) is 0 Å². The molecule has 0 aliphatic carbocycles. The first-order valence-electron chi connectivity index (χ1n) is 11.6. The number of carbonyl (C=O) groups excluding carboxylic acids is 1. The van der Waals surface area contributed by atoms with E-state index in [1.165, 1.54) is 27.7 Å². The summed E-state index contributed by atoms with van der Waals surface area (Å²) in [4.78, 5) is 18.0. The summed E-state index contributed by atoms with van der Waals surface area (Å²) in [6, 6.07) is 37.5. The molecule has 0 aliphatic rings. The van der Waals surface area contributed by atoms with Gasteiger partial charge in [0.25, 0.3) is 0 Å². The van der Waals surface area contributed by atoms with Crippen LogP contribution in [0.1, 0.15) is 20.8 Å². The number of hydrogen-bond acceptors (Lipinski definition) is 3. The maximum atomic E-state index is 13.5. The molecule has 4 rings (SSSR count). The topological polar surface area (TPSA) is 42.0 Å². The van der Waals surface area contributed by atoms with Gasteiger partial charge in [-0.3, -0.25) is 10.1 Å². The number of hydrogen-bond donors (Lipinski definition) is 1. The molecule has 1 aromatic heterocycles. The fourth-order valence-electron chi connectivity index (χ4n) is 3.85. The van der Waals surface area contributed by atoms with E-state index in [9.17, 15) is 4.79 Å². The third-order valence-electron chi connectivity index (χ3n) is 5.64. The number of thioether (sulfide) groups is 1. The number of aromatic nitrogens is 1. The number of pyridine rings is 1. The minimum atomic E-state index is -2.44. The van der Waals surface area contributed by atoms with E-state index < -0.39 is 12.7 Å². The Morgan fingerprint density at radius 1 is 0.743 bits per heavy atom. The highest BCUT2D eigenvalue weighted by atomic mass is 32.2. The Hall–Kier alpha value is -3.20. The van der Waals surface area contributed by atoms with Crippen molar-refractivity contribution in [2.45, 2.75) is 25.8 Å². The third kappa shape index (κ3) is 5.56. The van der Waals surface area contributed by atoms with Gasteiger partial charge in [0, 0.05) is 17.0 Å². The number of amides is 1. The highest BCUT2D eigenvalue weighted by Gasteiger charge is 2.51. The van der Waals surface area contributed by atoms with Crippen LogP contribution in [0.4, 0.5) is 0 Å². The summed E-state index contributed by atoms with van der Waals surface area (Å²) in [5, 5.41) is 9.89. The lowest BCUT2D eigenvalue weighted by molar-refractivity contribution is -0.127. The van der Waals surface area contributed by atoms with Crippen LogP contribution in [-0.4, -0.2) is 10.9 Å². The van der Waals surface area contributed by atoms with Crippen LogP contribution in [0.3, 0.4) is 0 Å². The molecule has 4 aromatic rings. The van der Waals surface area contributed by atoms with Crippen molar-refractivity contribution < 1.29 is 4.79 Å². The van der Waals surface area contributed by atoms with E-state index in [-0.39, 0.29) is 5.91 Å². The lowest BCUT2D eigenvalue weighted by Gasteiger charge is -2.30. The van der Waals surface area contributed by atoms with Gasteiger partial charge in [-0.1, -0.05) is 93.2 Å². The molecule has 0 unspecified atom stereocenters. The Kier molecular flexibility index (Phi) is 7.85. The van der Waals surface area contributed by atoms with Crippen LogP contribution in [0.25, 0.3) is 0 Å². The number of nitrogens with one attached hydrogen (secondary N) is 1. The van der Waals surface area contributed by atoms with Gasteiger partial charge in [-0.15, -0.1) is 0 Å². The maximum absolute atomic E-state index is 13.5. The van der Waals surface area contributed by atoms with Crippen LogP contribution in [0.5, 0.6) is 0 Å². The van der Waals surface area contributed by atoms with Gasteiger partial charge in [0.1, 0.15) is 20.9 Å². The van der Waals surface area contributed by atoms with Crippen LogP contribution in [0, 0.1) is 5.41 Å². The number of benzene rings is 3. The molecule has 0 radical (unpaired) electrons. The van der Waals surface area contributed by atoms with E-state index in [1.54, 1.807) is 6.20 Å². The molecule has 0 saturated carbocycles. The van der Waals surface area contributed by atoms with Gasteiger partial charge < -0.3 is 0 Å². The number of nitrogens with zero attached hydrogens (tertiary/aromatic N) is 1. The standard InChI is InChI=1S/C30H29N2OPS/c1-30(2,3)29(33)32-27(23-35-28-21-13-14-22-31-28)34(24-15-7-4-8-16-24,25-17-9-5-10-18-25)26-19-11-6-12-20-26/h4-23H,1-3H3/p+1. The fraction of sp³-hybridized carbons (Fsp3) is 0.133. The molecule has 3 aromatic carbocycles. The molecular formula is C30H30N2OPS+. The molecule has 0 saturated heterocycles. The second-order valence-electron chi connectivity index (χ2n) is 9.17. The molecule has 3 nitrogen and oxygen atoms in total. The van der Waals surface area contributed by atoms with Crippen molar-refractivity contribution in [2.24, 2.45) is 5.41 Å². The zero-order valence-electron chi connectivity index (χ0n) is 20.3.